The van der Waals surface area contributed by atoms with Crippen molar-refractivity contribution in [3.05, 3.63) is 12.3 Å². The summed E-state index contributed by atoms with van der Waals surface area (Å²) in [6.45, 7) is 4.86. The molecule has 7 nitrogen and oxygen atoms in total. The lowest BCUT2D eigenvalue weighted by molar-refractivity contribution is -0.131. The summed E-state index contributed by atoms with van der Waals surface area (Å²) >= 11 is 0. The largest absolute Gasteiger partial charge is 0.353 e. The van der Waals surface area contributed by atoms with E-state index in [0.29, 0.717) is 25.5 Å². The van der Waals surface area contributed by atoms with Gasteiger partial charge in [0, 0.05) is 58.9 Å². The highest BCUT2D eigenvalue weighted by atomic mass is 16.2. The number of piperazine rings is 1. The topological polar surface area (TPSA) is 78.6 Å². The lowest BCUT2D eigenvalue weighted by atomic mass is 10.2. The molecule has 0 aliphatic carbocycles. The summed E-state index contributed by atoms with van der Waals surface area (Å²) in [5, 5.41) is 0. The lowest BCUT2D eigenvalue weighted by Gasteiger charge is -2.35. The van der Waals surface area contributed by atoms with E-state index in [0.717, 1.165) is 18.9 Å². The predicted molar refractivity (Wildman–Crippen MR) is 83.4 cm³/mol. The Morgan fingerprint density at radius 2 is 2.05 bits per heavy atom. The molecule has 2 N–H and O–H groups in total. The van der Waals surface area contributed by atoms with Crippen molar-refractivity contribution in [1.82, 2.24) is 14.9 Å². The summed E-state index contributed by atoms with van der Waals surface area (Å²) in [6.07, 6.45) is 2.18. The fraction of sp³-hybridized carbons (Fsp3) is 0.643. The van der Waals surface area contributed by atoms with Gasteiger partial charge in [0.15, 0.2) is 0 Å². The lowest BCUT2D eigenvalue weighted by Crippen LogP contribution is -2.49. The summed E-state index contributed by atoms with van der Waals surface area (Å²) in [4.78, 5) is 26.7. The number of carbonyl (C=O) groups is 1. The van der Waals surface area contributed by atoms with Crippen LogP contribution in [0.1, 0.15) is 13.3 Å². The Morgan fingerprint density at radius 1 is 1.38 bits per heavy atom. The number of anilines is 2. The molecule has 0 spiro atoms. The molecular formula is C14H24N6O. The first-order chi connectivity index (χ1) is 9.97. The number of carbonyl (C=O) groups excluding carboxylic acids is 1. The molecule has 0 aromatic carbocycles. The molecule has 7 heteroatoms. The van der Waals surface area contributed by atoms with Crippen LogP contribution in [0.3, 0.4) is 0 Å². The van der Waals surface area contributed by atoms with Crippen molar-refractivity contribution < 1.29 is 4.79 Å². The van der Waals surface area contributed by atoms with E-state index in [1.165, 1.54) is 0 Å². The maximum atomic E-state index is 12.0. The van der Waals surface area contributed by atoms with E-state index in [2.05, 4.69) is 14.9 Å². The van der Waals surface area contributed by atoms with Gasteiger partial charge in [0.05, 0.1) is 0 Å². The Hall–Kier alpha value is -1.89. The third-order valence-corrected chi connectivity index (χ3v) is 3.48. The second-order valence-corrected chi connectivity index (χ2v) is 5.66. The molecule has 1 aliphatic heterocycles. The first kappa shape index (κ1) is 15.5. The highest BCUT2D eigenvalue weighted by molar-refractivity contribution is 5.77. The van der Waals surface area contributed by atoms with Crippen LogP contribution in [0.2, 0.25) is 0 Å². The Kier molecular flexibility index (Phi) is 4.95. The van der Waals surface area contributed by atoms with Gasteiger partial charge in [-0.05, 0) is 13.0 Å². The zero-order valence-electron chi connectivity index (χ0n) is 13.0. The first-order valence-corrected chi connectivity index (χ1v) is 7.26. The third-order valence-electron chi connectivity index (χ3n) is 3.48. The molecule has 116 valence electrons. The molecular weight excluding hydrogens is 268 g/mol. The summed E-state index contributed by atoms with van der Waals surface area (Å²) in [5.74, 6) is 1.75. The minimum absolute atomic E-state index is 0.0833. The highest BCUT2D eigenvalue weighted by Crippen LogP contribution is 2.16. The van der Waals surface area contributed by atoms with Crippen LogP contribution in [0.5, 0.6) is 0 Å². The highest BCUT2D eigenvalue weighted by Gasteiger charge is 2.22. The number of nitrogens with zero attached hydrogens (tertiary/aromatic N) is 5. The minimum Gasteiger partial charge on any atom is -0.353 e. The third kappa shape index (κ3) is 4.04. The van der Waals surface area contributed by atoms with E-state index in [1.54, 1.807) is 6.20 Å². The van der Waals surface area contributed by atoms with Crippen molar-refractivity contribution in [2.75, 3.05) is 50.1 Å². The van der Waals surface area contributed by atoms with Crippen molar-refractivity contribution in [3.63, 3.8) is 0 Å². The Labute approximate surface area is 125 Å². The summed E-state index contributed by atoms with van der Waals surface area (Å²) in [7, 11) is 3.84. The van der Waals surface area contributed by atoms with Gasteiger partial charge in [-0.2, -0.15) is 4.98 Å². The Bertz CT molecular complexity index is 482. The fourth-order valence-corrected chi connectivity index (χ4v) is 2.32. The summed E-state index contributed by atoms with van der Waals surface area (Å²) < 4.78 is 0. The fourth-order valence-electron chi connectivity index (χ4n) is 2.32. The van der Waals surface area contributed by atoms with Crippen molar-refractivity contribution in [3.8, 4) is 0 Å². The molecule has 2 heterocycles. The van der Waals surface area contributed by atoms with Crippen LogP contribution in [0, 0.1) is 0 Å². The smallest absolute Gasteiger partial charge is 0.226 e. The molecule has 2 rings (SSSR count). The van der Waals surface area contributed by atoms with Gasteiger partial charge in [-0.3, -0.25) is 4.79 Å². The number of aromatic nitrogens is 2. The normalized spacial score (nSPS) is 16.8. The van der Waals surface area contributed by atoms with Gasteiger partial charge < -0.3 is 20.4 Å². The van der Waals surface area contributed by atoms with Gasteiger partial charge in [-0.1, -0.05) is 0 Å². The van der Waals surface area contributed by atoms with Crippen LogP contribution in [-0.4, -0.2) is 67.1 Å². The Balaban J connectivity index is 1.95. The number of rotatable bonds is 4. The van der Waals surface area contributed by atoms with Gasteiger partial charge in [0.2, 0.25) is 11.9 Å². The number of amides is 1. The molecule has 0 saturated carbocycles. The molecule has 1 amide bonds. The van der Waals surface area contributed by atoms with E-state index in [4.69, 9.17) is 5.73 Å². The van der Waals surface area contributed by atoms with Gasteiger partial charge in [-0.25, -0.2) is 4.98 Å². The maximum Gasteiger partial charge on any atom is 0.226 e. The summed E-state index contributed by atoms with van der Waals surface area (Å²) in [5.41, 5.74) is 5.68. The standard InChI is InChI=1S/C14H24N6O/c1-11(15)10-13(21)20-8-6-19(7-9-20)12-4-5-16-14(17-12)18(2)3/h4-5,11H,6-10,15H2,1-3H3. The molecule has 0 radical (unpaired) electrons. The van der Waals surface area contributed by atoms with Crippen molar-refractivity contribution >= 4 is 17.7 Å². The average Bonchev–Trinajstić information content (AvgIpc) is 2.47. The molecule has 1 saturated heterocycles. The average molecular weight is 292 g/mol. The monoisotopic (exact) mass is 292 g/mol. The second-order valence-electron chi connectivity index (χ2n) is 5.66. The van der Waals surface area contributed by atoms with E-state index in [9.17, 15) is 4.79 Å². The molecule has 1 unspecified atom stereocenters. The molecule has 1 aliphatic rings. The molecule has 21 heavy (non-hydrogen) atoms. The van der Waals surface area contributed by atoms with Gasteiger partial charge in [-0.15, -0.1) is 0 Å². The predicted octanol–water partition coefficient (Wildman–Crippen LogP) is -0.0715. The zero-order valence-corrected chi connectivity index (χ0v) is 13.0. The number of nitrogens with two attached hydrogens (primary N) is 1. The van der Waals surface area contributed by atoms with Gasteiger partial charge in [0.1, 0.15) is 5.82 Å². The van der Waals surface area contributed by atoms with Crippen LogP contribution in [0.4, 0.5) is 11.8 Å². The van der Waals surface area contributed by atoms with Gasteiger partial charge >= 0.3 is 0 Å². The number of hydrogen-bond donors (Lipinski definition) is 1. The van der Waals surface area contributed by atoms with Crippen molar-refractivity contribution in [2.24, 2.45) is 5.73 Å². The van der Waals surface area contributed by atoms with Crippen LogP contribution >= 0.6 is 0 Å². The SMILES string of the molecule is CC(N)CC(=O)N1CCN(c2ccnc(N(C)C)n2)CC1. The zero-order chi connectivity index (χ0) is 15.4. The molecule has 0 bridgehead atoms. The van der Waals surface area contributed by atoms with Crippen LogP contribution in [0.15, 0.2) is 12.3 Å². The number of hydrogen-bond acceptors (Lipinski definition) is 6. The molecule has 1 aromatic heterocycles. The van der Waals surface area contributed by atoms with Crippen LogP contribution < -0.4 is 15.5 Å². The van der Waals surface area contributed by atoms with Crippen molar-refractivity contribution in [1.29, 1.82) is 0 Å². The van der Waals surface area contributed by atoms with Crippen molar-refractivity contribution in [2.45, 2.75) is 19.4 Å². The minimum atomic E-state index is -0.0833. The van der Waals surface area contributed by atoms with E-state index >= 15 is 0 Å². The van der Waals surface area contributed by atoms with Gasteiger partial charge in [0.25, 0.3) is 0 Å². The van der Waals surface area contributed by atoms with Crippen LogP contribution in [0.25, 0.3) is 0 Å². The quantitative estimate of drug-likeness (QED) is 0.837. The summed E-state index contributed by atoms with van der Waals surface area (Å²) in [6, 6.07) is 1.83. The maximum absolute atomic E-state index is 12.0. The molecule has 1 fully saturated rings. The molecule has 1 atom stereocenters. The molecule has 1 aromatic rings. The van der Waals surface area contributed by atoms with Crippen LogP contribution in [-0.2, 0) is 4.79 Å². The van der Waals surface area contributed by atoms with E-state index in [-0.39, 0.29) is 11.9 Å². The van der Waals surface area contributed by atoms with E-state index < -0.39 is 0 Å². The van der Waals surface area contributed by atoms with E-state index in [1.807, 2.05) is 36.9 Å². The first-order valence-electron chi connectivity index (χ1n) is 7.26. The Morgan fingerprint density at radius 3 is 2.62 bits per heavy atom. The second kappa shape index (κ2) is 6.71.